The van der Waals surface area contributed by atoms with Gasteiger partial charge in [-0.05, 0) is 36.6 Å². The minimum atomic E-state index is -0.0159. The molecular formula is C21H24N4O2. The molecule has 1 aliphatic heterocycles. The van der Waals surface area contributed by atoms with Crippen LogP contribution in [-0.4, -0.2) is 46.5 Å². The molecule has 2 aromatic heterocycles. The first-order chi connectivity index (χ1) is 13.1. The first kappa shape index (κ1) is 17.7. The van der Waals surface area contributed by atoms with E-state index in [1.54, 1.807) is 6.20 Å². The lowest BCUT2D eigenvalue weighted by Crippen LogP contribution is -2.41. The molecule has 0 saturated carbocycles. The topological polar surface area (TPSA) is 72.9 Å². The van der Waals surface area contributed by atoms with Crippen molar-refractivity contribution in [2.75, 3.05) is 26.3 Å². The van der Waals surface area contributed by atoms with Gasteiger partial charge in [0.05, 0.1) is 19.4 Å². The van der Waals surface area contributed by atoms with E-state index < -0.39 is 0 Å². The van der Waals surface area contributed by atoms with Gasteiger partial charge >= 0.3 is 0 Å². The Balaban J connectivity index is 1.83. The van der Waals surface area contributed by atoms with E-state index in [9.17, 15) is 4.79 Å². The van der Waals surface area contributed by atoms with Crippen molar-refractivity contribution in [3.8, 4) is 11.1 Å². The largest absolute Gasteiger partial charge is 0.378 e. The summed E-state index contributed by atoms with van der Waals surface area (Å²) < 4.78 is 7.24. The van der Waals surface area contributed by atoms with Crippen molar-refractivity contribution in [2.24, 2.45) is 5.73 Å². The third kappa shape index (κ3) is 3.22. The van der Waals surface area contributed by atoms with Crippen molar-refractivity contribution in [3.05, 3.63) is 59.0 Å². The summed E-state index contributed by atoms with van der Waals surface area (Å²) >= 11 is 0. The molecule has 3 heterocycles. The van der Waals surface area contributed by atoms with Crippen LogP contribution < -0.4 is 5.73 Å². The number of carbonyl (C=O) groups excluding carboxylic acids is 1. The number of amides is 1. The molecule has 0 spiro atoms. The lowest BCUT2D eigenvalue weighted by atomic mass is 9.96. The van der Waals surface area contributed by atoms with Crippen LogP contribution in [0.4, 0.5) is 0 Å². The van der Waals surface area contributed by atoms with Crippen LogP contribution in [0.1, 0.15) is 27.2 Å². The van der Waals surface area contributed by atoms with E-state index in [0.29, 0.717) is 38.5 Å². The maximum atomic E-state index is 13.0. The van der Waals surface area contributed by atoms with Crippen molar-refractivity contribution in [1.82, 2.24) is 14.3 Å². The second-order valence-corrected chi connectivity index (χ2v) is 7.01. The number of morpholine rings is 1. The highest BCUT2D eigenvalue weighted by Crippen LogP contribution is 2.29. The van der Waals surface area contributed by atoms with Gasteiger partial charge in [0.2, 0.25) is 0 Å². The van der Waals surface area contributed by atoms with Crippen LogP contribution in [0.3, 0.4) is 0 Å². The Hall–Kier alpha value is -2.70. The number of carbonyl (C=O) groups is 1. The molecule has 1 aromatic carbocycles. The molecule has 0 bridgehead atoms. The molecule has 6 heteroatoms. The molecule has 3 aromatic rings. The fraction of sp³-hybridized carbons (Fsp3) is 0.333. The summed E-state index contributed by atoms with van der Waals surface area (Å²) in [7, 11) is 0. The van der Waals surface area contributed by atoms with Crippen molar-refractivity contribution >= 4 is 11.6 Å². The molecule has 27 heavy (non-hydrogen) atoms. The van der Waals surface area contributed by atoms with Crippen LogP contribution >= 0.6 is 0 Å². The number of aryl methyl sites for hydroxylation is 2. The molecule has 1 aliphatic rings. The van der Waals surface area contributed by atoms with Crippen LogP contribution in [-0.2, 0) is 11.3 Å². The highest BCUT2D eigenvalue weighted by atomic mass is 16.5. The van der Waals surface area contributed by atoms with Crippen molar-refractivity contribution in [1.29, 1.82) is 0 Å². The van der Waals surface area contributed by atoms with Crippen LogP contribution in [0.25, 0.3) is 16.8 Å². The van der Waals surface area contributed by atoms with E-state index in [1.165, 1.54) is 11.1 Å². The molecule has 0 atom stereocenters. The summed E-state index contributed by atoms with van der Waals surface area (Å²) in [6.07, 6.45) is 3.65. The van der Waals surface area contributed by atoms with Gasteiger partial charge in [-0.25, -0.2) is 4.98 Å². The van der Waals surface area contributed by atoms with Crippen molar-refractivity contribution in [2.45, 2.75) is 20.4 Å². The fourth-order valence-corrected chi connectivity index (χ4v) is 3.68. The standard InChI is InChI=1S/C21H24N4O2/c1-14-3-4-17(15(2)9-14)18-13-25-19(12-23-20(25)10-16(18)11-22)21(26)24-5-7-27-8-6-24/h3-4,9-10,12-13H,5-8,11,22H2,1-2H3. The number of benzene rings is 1. The first-order valence-corrected chi connectivity index (χ1v) is 9.23. The van der Waals surface area contributed by atoms with E-state index in [1.807, 2.05) is 21.6 Å². The molecule has 4 rings (SSSR count). The smallest absolute Gasteiger partial charge is 0.272 e. The number of ether oxygens (including phenoxy) is 1. The molecule has 0 unspecified atom stereocenters. The fourth-order valence-electron chi connectivity index (χ4n) is 3.68. The highest BCUT2D eigenvalue weighted by Gasteiger charge is 2.22. The third-order valence-corrected chi connectivity index (χ3v) is 5.14. The van der Waals surface area contributed by atoms with Gasteiger partial charge in [-0.2, -0.15) is 0 Å². The summed E-state index contributed by atoms with van der Waals surface area (Å²) in [5.41, 5.74) is 12.9. The Morgan fingerprint density at radius 1 is 1.19 bits per heavy atom. The zero-order valence-electron chi connectivity index (χ0n) is 15.7. The average Bonchev–Trinajstić information content (AvgIpc) is 3.10. The van der Waals surface area contributed by atoms with Gasteiger partial charge in [-0.15, -0.1) is 0 Å². The number of imidazole rings is 1. The normalized spacial score (nSPS) is 14.7. The zero-order chi connectivity index (χ0) is 19.0. The number of hydrogen-bond donors (Lipinski definition) is 1. The molecule has 1 saturated heterocycles. The Morgan fingerprint density at radius 2 is 1.96 bits per heavy atom. The number of aromatic nitrogens is 2. The monoisotopic (exact) mass is 364 g/mol. The Bertz CT molecular complexity index is 1000. The molecule has 140 valence electrons. The number of fused-ring (bicyclic) bond motifs is 1. The Morgan fingerprint density at radius 3 is 2.67 bits per heavy atom. The molecule has 0 aliphatic carbocycles. The van der Waals surface area contributed by atoms with Crippen LogP contribution in [0.5, 0.6) is 0 Å². The highest BCUT2D eigenvalue weighted by molar-refractivity contribution is 5.93. The summed E-state index contributed by atoms with van der Waals surface area (Å²) in [5, 5.41) is 0. The van der Waals surface area contributed by atoms with Gasteiger partial charge in [-0.3, -0.25) is 9.20 Å². The molecule has 0 radical (unpaired) electrons. The lowest BCUT2D eigenvalue weighted by Gasteiger charge is -2.26. The van der Waals surface area contributed by atoms with E-state index in [2.05, 4.69) is 37.0 Å². The van der Waals surface area contributed by atoms with Gasteiger partial charge in [0.25, 0.3) is 5.91 Å². The summed E-state index contributed by atoms with van der Waals surface area (Å²) in [6.45, 7) is 6.97. The molecule has 6 nitrogen and oxygen atoms in total. The SMILES string of the molecule is Cc1ccc(-c2cn3c(C(=O)N4CCOCC4)cnc3cc2CN)c(C)c1. The van der Waals surface area contributed by atoms with Gasteiger partial charge in [0, 0.05) is 31.4 Å². The number of nitrogens with two attached hydrogens (primary N) is 1. The van der Waals surface area contributed by atoms with E-state index in [-0.39, 0.29) is 5.91 Å². The maximum Gasteiger partial charge on any atom is 0.272 e. The third-order valence-electron chi connectivity index (χ3n) is 5.14. The number of hydrogen-bond acceptors (Lipinski definition) is 4. The van der Waals surface area contributed by atoms with Gasteiger partial charge < -0.3 is 15.4 Å². The average molecular weight is 364 g/mol. The predicted molar refractivity (Wildman–Crippen MR) is 105 cm³/mol. The maximum absolute atomic E-state index is 13.0. The second kappa shape index (κ2) is 7.13. The summed E-state index contributed by atoms with van der Waals surface area (Å²) in [4.78, 5) is 19.2. The van der Waals surface area contributed by atoms with Crippen LogP contribution in [0.2, 0.25) is 0 Å². The molecule has 1 amide bonds. The van der Waals surface area contributed by atoms with Crippen molar-refractivity contribution in [3.63, 3.8) is 0 Å². The number of nitrogens with zero attached hydrogens (tertiary/aromatic N) is 3. The van der Waals surface area contributed by atoms with Crippen LogP contribution in [0, 0.1) is 13.8 Å². The van der Waals surface area contributed by atoms with E-state index in [4.69, 9.17) is 10.5 Å². The number of pyridine rings is 1. The van der Waals surface area contributed by atoms with Crippen molar-refractivity contribution < 1.29 is 9.53 Å². The number of rotatable bonds is 3. The predicted octanol–water partition coefficient (Wildman–Crippen LogP) is 2.55. The van der Waals surface area contributed by atoms with Gasteiger partial charge in [-0.1, -0.05) is 23.8 Å². The molecule has 1 fully saturated rings. The minimum absolute atomic E-state index is 0.0159. The quantitative estimate of drug-likeness (QED) is 0.775. The van der Waals surface area contributed by atoms with E-state index >= 15 is 0 Å². The van der Waals surface area contributed by atoms with E-state index in [0.717, 1.165) is 22.3 Å². The molecular weight excluding hydrogens is 340 g/mol. The Labute approximate surface area is 158 Å². The molecule has 2 N–H and O–H groups in total. The zero-order valence-corrected chi connectivity index (χ0v) is 15.7. The Kier molecular flexibility index (Phi) is 4.68. The summed E-state index contributed by atoms with van der Waals surface area (Å²) in [5.74, 6) is -0.0159. The van der Waals surface area contributed by atoms with Gasteiger partial charge in [0.15, 0.2) is 0 Å². The van der Waals surface area contributed by atoms with Crippen LogP contribution in [0.15, 0.2) is 36.7 Å². The summed E-state index contributed by atoms with van der Waals surface area (Å²) in [6, 6.07) is 8.35. The first-order valence-electron chi connectivity index (χ1n) is 9.23. The second-order valence-electron chi connectivity index (χ2n) is 7.01. The minimum Gasteiger partial charge on any atom is -0.378 e. The van der Waals surface area contributed by atoms with Gasteiger partial charge in [0.1, 0.15) is 11.3 Å². The lowest BCUT2D eigenvalue weighted by molar-refractivity contribution is 0.0298.